The van der Waals surface area contributed by atoms with Crippen molar-refractivity contribution in [3.05, 3.63) is 35.6 Å². The molecule has 8 heteroatoms. The van der Waals surface area contributed by atoms with Crippen molar-refractivity contribution in [1.82, 2.24) is 9.21 Å². The van der Waals surface area contributed by atoms with Gasteiger partial charge in [0, 0.05) is 31.6 Å². The van der Waals surface area contributed by atoms with E-state index in [1.807, 2.05) is 0 Å². The van der Waals surface area contributed by atoms with E-state index in [2.05, 4.69) is 0 Å². The summed E-state index contributed by atoms with van der Waals surface area (Å²) in [5.41, 5.74) is 0.159. The minimum atomic E-state index is -3.63. The van der Waals surface area contributed by atoms with E-state index in [4.69, 9.17) is 0 Å². The summed E-state index contributed by atoms with van der Waals surface area (Å²) >= 11 is 0. The molecule has 0 spiro atoms. The van der Waals surface area contributed by atoms with Crippen LogP contribution in [0.1, 0.15) is 44.1 Å². The van der Waals surface area contributed by atoms with Gasteiger partial charge in [-0.15, -0.1) is 0 Å². The number of aliphatic hydroxyl groups is 1. The van der Waals surface area contributed by atoms with Gasteiger partial charge in [0.25, 0.3) is 0 Å². The Balaban J connectivity index is 1.57. The molecule has 1 aromatic rings. The first kappa shape index (κ1) is 21.2. The molecular formula is C20H29FN2O4S. The van der Waals surface area contributed by atoms with Gasteiger partial charge < -0.3 is 10.0 Å². The maximum absolute atomic E-state index is 13.8. The molecule has 3 rings (SSSR count). The number of carbonyl (C=O) groups excluding carboxylic acids is 1. The van der Waals surface area contributed by atoms with Gasteiger partial charge in [-0.3, -0.25) is 4.79 Å². The van der Waals surface area contributed by atoms with E-state index in [0.717, 1.165) is 25.7 Å². The summed E-state index contributed by atoms with van der Waals surface area (Å²) in [6, 6.07) is 5.74. The average Bonchev–Trinajstić information content (AvgIpc) is 2.69. The van der Waals surface area contributed by atoms with E-state index in [1.54, 1.807) is 18.0 Å². The van der Waals surface area contributed by atoms with E-state index in [1.165, 1.54) is 22.5 Å². The Kier molecular flexibility index (Phi) is 6.73. The van der Waals surface area contributed by atoms with Crippen molar-refractivity contribution in [2.75, 3.05) is 20.1 Å². The monoisotopic (exact) mass is 412 g/mol. The number of hydrogen-bond donors (Lipinski definition) is 1. The predicted octanol–water partition coefficient (Wildman–Crippen LogP) is 2.13. The molecule has 1 saturated heterocycles. The summed E-state index contributed by atoms with van der Waals surface area (Å²) in [4.78, 5) is 14.5. The van der Waals surface area contributed by atoms with Crippen LogP contribution in [0, 0.1) is 11.7 Å². The lowest BCUT2D eigenvalue weighted by Crippen LogP contribution is -2.50. The van der Waals surface area contributed by atoms with E-state index in [0.29, 0.717) is 12.8 Å². The normalized spacial score (nSPS) is 24.8. The number of benzene rings is 1. The van der Waals surface area contributed by atoms with Crippen molar-refractivity contribution in [3.63, 3.8) is 0 Å². The molecule has 156 valence electrons. The number of rotatable bonds is 5. The van der Waals surface area contributed by atoms with Gasteiger partial charge in [0.15, 0.2) is 0 Å². The highest BCUT2D eigenvalue weighted by Gasteiger charge is 2.36. The zero-order valence-corrected chi connectivity index (χ0v) is 17.1. The van der Waals surface area contributed by atoms with Gasteiger partial charge in [-0.25, -0.2) is 17.1 Å². The lowest BCUT2D eigenvalue weighted by Gasteiger charge is -2.38. The molecule has 1 heterocycles. The highest BCUT2D eigenvalue weighted by Crippen LogP contribution is 2.27. The minimum absolute atomic E-state index is 0.0166. The second-order valence-electron chi connectivity index (χ2n) is 7.89. The van der Waals surface area contributed by atoms with Crippen molar-refractivity contribution >= 4 is 15.9 Å². The van der Waals surface area contributed by atoms with E-state index in [-0.39, 0.29) is 42.3 Å². The first-order chi connectivity index (χ1) is 13.3. The molecule has 1 saturated carbocycles. The smallest absolute Gasteiger partial charge is 0.225 e. The fourth-order valence-corrected chi connectivity index (χ4v) is 5.86. The Bertz CT molecular complexity index is 793. The van der Waals surface area contributed by atoms with Crippen molar-refractivity contribution in [3.8, 4) is 0 Å². The molecule has 0 radical (unpaired) electrons. The molecule has 0 aromatic heterocycles. The fraction of sp³-hybridized carbons (Fsp3) is 0.650. The highest BCUT2D eigenvalue weighted by molar-refractivity contribution is 7.88. The fourth-order valence-electron chi connectivity index (χ4n) is 4.28. The van der Waals surface area contributed by atoms with Crippen LogP contribution < -0.4 is 0 Å². The summed E-state index contributed by atoms with van der Waals surface area (Å²) in [5.74, 6) is -1.15. The van der Waals surface area contributed by atoms with Crippen LogP contribution in [0.25, 0.3) is 0 Å². The highest BCUT2D eigenvalue weighted by atomic mass is 32.2. The molecule has 1 aromatic carbocycles. The number of halogens is 1. The van der Waals surface area contributed by atoms with Gasteiger partial charge >= 0.3 is 0 Å². The maximum atomic E-state index is 13.8. The molecular weight excluding hydrogens is 383 g/mol. The summed E-state index contributed by atoms with van der Waals surface area (Å²) in [6.45, 7) is 0.516. The van der Waals surface area contributed by atoms with Gasteiger partial charge in [0.1, 0.15) is 5.82 Å². The topological polar surface area (TPSA) is 77.9 Å². The average molecular weight is 413 g/mol. The molecule has 0 bridgehead atoms. The molecule has 1 aliphatic carbocycles. The molecule has 2 aliphatic rings. The van der Waals surface area contributed by atoms with Crippen LogP contribution in [0.3, 0.4) is 0 Å². The van der Waals surface area contributed by atoms with Crippen LogP contribution >= 0.6 is 0 Å². The van der Waals surface area contributed by atoms with Crippen LogP contribution in [0.15, 0.2) is 24.3 Å². The lowest BCUT2D eigenvalue weighted by atomic mass is 9.89. The third kappa shape index (κ3) is 4.72. The third-order valence-electron chi connectivity index (χ3n) is 6.03. The van der Waals surface area contributed by atoms with Crippen LogP contribution in [0.5, 0.6) is 0 Å². The number of aliphatic hydroxyl groups excluding tert-OH is 1. The number of sulfonamides is 1. The first-order valence-corrected chi connectivity index (χ1v) is 11.6. The standard InChI is InChI=1S/C20H29FN2O4S/c1-22(18-8-4-5-9-19(18)24)20(25)15-10-12-23(13-11-15)28(26,27)14-16-6-2-3-7-17(16)21/h2-3,6-7,15,18-19,24H,4-5,8-14H2,1H3/t18-,19+/m0/s1. The quantitative estimate of drug-likeness (QED) is 0.804. The van der Waals surface area contributed by atoms with Crippen molar-refractivity contribution < 1.29 is 22.7 Å². The first-order valence-electron chi connectivity index (χ1n) is 9.95. The Morgan fingerprint density at radius 2 is 1.82 bits per heavy atom. The van der Waals surface area contributed by atoms with Crippen LogP contribution in [0.2, 0.25) is 0 Å². The SMILES string of the molecule is CN(C(=O)C1CCN(S(=O)(=O)Cc2ccccc2F)CC1)[C@H]1CCCC[C@H]1O. The van der Waals surface area contributed by atoms with Crippen LogP contribution in [-0.4, -0.2) is 60.9 Å². The van der Waals surface area contributed by atoms with E-state index < -0.39 is 21.9 Å². The summed E-state index contributed by atoms with van der Waals surface area (Å²) < 4.78 is 40.4. The molecule has 6 nitrogen and oxygen atoms in total. The van der Waals surface area contributed by atoms with Gasteiger partial charge in [0.05, 0.1) is 17.9 Å². The van der Waals surface area contributed by atoms with Gasteiger partial charge in [-0.1, -0.05) is 31.0 Å². The maximum Gasteiger partial charge on any atom is 0.225 e. The Morgan fingerprint density at radius 1 is 1.18 bits per heavy atom. The number of nitrogens with zero attached hydrogens (tertiary/aromatic N) is 2. The van der Waals surface area contributed by atoms with E-state index >= 15 is 0 Å². The second kappa shape index (κ2) is 8.88. The number of carbonyl (C=O) groups is 1. The Morgan fingerprint density at radius 3 is 2.46 bits per heavy atom. The second-order valence-corrected chi connectivity index (χ2v) is 9.86. The van der Waals surface area contributed by atoms with Crippen molar-refractivity contribution in [2.45, 2.75) is 56.4 Å². The van der Waals surface area contributed by atoms with Crippen molar-refractivity contribution in [2.24, 2.45) is 5.92 Å². The molecule has 1 aliphatic heterocycles. The lowest BCUT2D eigenvalue weighted by molar-refractivity contribution is -0.141. The predicted molar refractivity (Wildman–Crippen MR) is 104 cm³/mol. The molecule has 28 heavy (non-hydrogen) atoms. The zero-order valence-electron chi connectivity index (χ0n) is 16.3. The minimum Gasteiger partial charge on any atom is -0.391 e. The van der Waals surface area contributed by atoms with Gasteiger partial charge in [-0.05, 0) is 31.7 Å². The molecule has 2 atom stereocenters. The van der Waals surface area contributed by atoms with Gasteiger partial charge in [-0.2, -0.15) is 0 Å². The largest absolute Gasteiger partial charge is 0.391 e. The van der Waals surface area contributed by atoms with Crippen LogP contribution in [0.4, 0.5) is 4.39 Å². The number of piperidine rings is 1. The number of hydrogen-bond acceptors (Lipinski definition) is 4. The third-order valence-corrected chi connectivity index (χ3v) is 7.86. The van der Waals surface area contributed by atoms with Gasteiger partial charge in [0.2, 0.25) is 15.9 Å². The van der Waals surface area contributed by atoms with Crippen LogP contribution in [-0.2, 0) is 20.6 Å². The number of amides is 1. The summed E-state index contributed by atoms with van der Waals surface area (Å²) in [5, 5.41) is 10.2. The Labute approximate surface area is 166 Å². The van der Waals surface area contributed by atoms with Crippen molar-refractivity contribution in [1.29, 1.82) is 0 Å². The Hall–Kier alpha value is -1.51. The number of likely N-dealkylation sites (N-methyl/N-ethyl adjacent to an activating group) is 1. The van der Waals surface area contributed by atoms with E-state index in [9.17, 15) is 22.7 Å². The molecule has 2 fully saturated rings. The molecule has 1 N–H and O–H groups in total. The summed E-state index contributed by atoms with van der Waals surface area (Å²) in [7, 11) is -1.89. The molecule has 1 amide bonds. The zero-order chi connectivity index (χ0) is 20.3. The molecule has 0 unspecified atom stereocenters. The summed E-state index contributed by atoms with van der Waals surface area (Å²) in [6.07, 6.45) is 3.92.